The van der Waals surface area contributed by atoms with Crippen molar-refractivity contribution >= 4 is 5.69 Å². The number of rotatable bonds is 3. The van der Waals surface area contributed by atoms with Crippen LogP contribution in [0.25, 0.3) is 0 Å². The van der Waals surface area contributed by atoms with E-state index in [0.29, 0.717) is 12.3 Å². The lowest BCUT2D eigenvalue weighted by Crippen LogP contribution is -2.18. The van der Waals surface area contributed by atoms with E-state index in [-0.39, 0.29) is 10.8 Å². The molecule has 0 atom stereocenters. The second-order valence-corrected chi connectivity index (χ2v) is 8.75. The Morgan fingerprint density at radius 1 is 0.875 bits per heavy atom. The zero-order valence-electron chi connectivity index (χ0n) is 16.1. The van der Waals surface area contributed by atoms with E-state index in [0.717, 1.165) is 16.8 Å². The number of phenols is 1. The van der Waals surface area contributed by atoms with Crippen molar-refractivity contribution < 1.29 is 5.11 Å². The van der Waals surface area contributed by atoms with Crippen LogP contribution >= 0.6 is 0 Å². The summed E-state index contributed by atoms with van der Waals surface area (Å²) in [5.74, 6) is 0.412. The number of aryl methyl sites for hydroxylation is 1. The third-order valence-electron chi connectivity index (χ3n) is 4.40. The molecule has 0 fully saturated rings. The normalized spacial score (nSPS) is 12.3. The van der Waals surface area contributed by atoms with Crippen molar-refractivity contribution in [2.24, 2.45) is 0 Å². The minimum Gasteiger partial charge on any atom is -0.507 e. The summed E-state index contributed by atoms with van der Waals surface area (Å²) < 4.78 is 0. The zero-order valence-corrected chi connectivity index (χ0v) is 16.1. The summed E-state index contributed by atoms with van der Waals surface area (Å²) in [6.45, 7) is 15.8. The summed E-state index contributed by atoms with van der Waals surface area (Å²) in [4.78, 5) is 0. The maximum atomic E-state index is 10.8. The molecule has 0 heterocycles. The Morgan fingerprint density at radius 2 is 1.46 bits per heavy atom. The fraction of sp³-hybridized carbons (Fsp3) is 0.455. The minimum absolute atomic E-state index is 0.0479. The van der Waals surface area contributed by atoms with E-state index in [4.69, 9.17) is 0 Å². The van der Waals surface area contributed by atoms with Gasteiger partial charge in [-0.3, -0.25) is 0 Å². The molecule has 2 aromatic carbocycles. The minimum atomic E-state index is -0.0933. The van der Waals surface area contributed by atoms with Crippen LogP contribution in [-0.2, 0) is 17.4 Å². The fourth-order valence-electron chi connectivity index (χ4n) is 2.70. The topological polar surface area (TPSA) is 32.3 Å². The van der Waals surface area contributed by atoms with Crippen LogP contribution in [0.3, 0.4) is 0 Å². The summed E-state index contributed by atoms with van der Waals surface area (Å²) in [7, 11) is 0. The van der Waals surface area contributed by atoms with Crippen molar-refractivity contribution in [2.75, 3.05) is 5.32 Å². The summed E-state index contributed by atoms with van der Waals surface area (Å²) in [6.07, 6.45) is 0. The molecule has 0 aliphatic rings. The van der Waals surface area contributed by atoms with E-state index in [1.54, 1.807) is 0 Å². The van der Waals surface area contributed by atoms with Gasteiger partial charge in [0.25, 0.3) is 0 Å². The van der Waals surface area contributed by atoms with E-state index < -0.39 is 0 Å². The van der Waals surface area contributed by atoms with Gasteiger partial charge >= 0.3 is 0 Å². The fourth-order valence-corrected chi connectivity index (χ4v) is 2.70. The summed E-state index contributed by atoms with van der Waals surface area (Å²) in [5.41, 5.74) is 5.48. The highest BCUT2D eigenvalue weighted by atomic mass is 16.3. The van der Waals surface area contributed by atoms with Crippen molar-refractivity contribution in [1.82, 2.24) is 0 Å². The van der Waals surface area contributed by atoms with Crippen LogP contribution in [0.15, 0.2) is 36.4 Å². The maximum Gasteiger partial charge on any atom is 0.124 e. The molecule has 2 nitrogen and oxygen atoms in total. The molecule has 0 aliphatic heterocycles. The Bertz CT molecular complexity index is 700. The third-order valence-corrected chi connectivity index (χ3v) is 4.40. The van der Waals surface area contributed by atoms with Gasteiger partial charge in [-0.1, -0.05) is 65.3 Å². The highest BCUT2D eigenvalue weighted by molar-refractivity contribution is 5.51. The molecule has 0 spiro atoms. The van der Waals surface area contributed by atoms with Crippen LogP contribution in [0.5, 0.6) is 5.75 Å². The Hall–Kier alpha value is -1.96. The SMILES string of the molecule is Cc1ccc(NCc2cc(C(C)(C)C)cc(C(C)(C)C)c2O)cc1. The first-order valence-corrected chi connectivity index (χ1v) is 8.66. The molecule has 0 bridgehead atoms. The number of nitrogens with one attached hydrogen (secondary N) is 1. The molecule has 0 unspecified atom stereocenters. The van der Waals surface area contributed by atoms with Crippen molar-refractivity contribution in [3.05, 3.63) is 58.7 Å². The predicted octanol–water partition coefficient (Wildman–Crippen LogP) is 5.91. The van der Waals surface area contributed by atoms with Gasteiger partial charge in [0.1, 0.15) is 5.75 Å². The van der Waals surface area contributed by atoms with Crippen molar-refractivity contribution in [3.63, 3.8) is 0 Å². The molecular weight excluding hydrogens is 294 g/mol. The number of benzene rings is 2. The molecule has 0 saturated carbocycles. The van der Waals surface area contributed by atoms with E-state index in [1.807, 2.05) is 0 Å². The average Bonchev–Trinajstić information content (AvgIpc) is 2.45. The van der Waals surface area contributed by atoms with Crippen LogP contribution in [0.4, 0.5) is 5.69 Å². The van der Waals surface area contributed by atoms with Gasteiger partial charge in [-0.05, 0) is 47.1 Å². The van der Waals surface area contributed by atoms with Gasteiger partial charge in [0.05, 0.1) is 0 Å². The summed E-state index contributed by atoms with van der Waals surface area (Å²) in [5, 5.41) is 14.2. The van der Waals surface area contributed by atoms with Crippen LogP contribution in [0.2, 0.25) is 0 Å². The van der Waals surface area contributed by atoms with Crippen molar-refractivity contribution in [1.29, 1.82) is 0 Å². The predicted molar refractivity (Wildman–Crippen MR) is 104 cm³/mol. The lowest BCUT2D eigenvalue weighted by molar-refractivity contribution is 0.439. The molecule has 0 radical (unpaired) electrons. The molecule has 130 valence electrons. The van der Waals surface area contributed by atoms with E-state index in [2.05, 4.69) is 90.2 Å². The Labute approximate surface area is 146 Å². The van der Waals surface area contributed by atoms with Gasteiger partial charge in [-0.15, -0.1) is 0 Å². The smallest absolute Gasteiger partial charge is 0.124 e. The van der Waals surface area contributed by atoms with Gasteiger partial charge in [0.15, 0.2) is 0 Å². The molecule has 2 rings (SSSR count). The van der Waals surface area contributed by atoms with Crippen LogP contribution < -0.4 is 5.32 Å². The van der Waals surface area contributed by atoms with Gasteiger partial charge in [0, 0.05) is 17.8 Å². The van der Waals surface area contributed by atoms with Crippen LogP contribution in [0.1, 0.15) is 63.8 Å². The Morgan fingerprint density at radius 3 is 1.96 bits per heavy atom. The first-order chi connectivity index (χ1) is 11.0. The number of hydrogen-bond donors (Lipinski definition) is 2. The quantitative estimate of drug-likeness (QED) is 0.735. The molecule has 0 saturated heterocycles. The van der Waals surface area contributed by atoms with E-state index >= 15 is 0 Å². The third kappa shape index (κ3) is 4.31. The molecular formula is C22H31NO. The number of aromatic hydroxyl groups is 1. The maximum absolute atomic E-state index is 10.8. The molecule has 24 heavy (non-hydrogen) atoms. The highest BCUT2D eigenvalue weighted by Crippen LogP contribution is 2.37. The molecule has 0 amide bonds. The summed E-state index contributed by atoms with van der Waals surface area (Å²) in [6, 6.07) is 12.6. The second-order valence-electron chi connectivity index (χ2n) is 8.75. The molecule has 0 aromatic heterocycles. The largest absolute Gasteiger partial charge is 0.507 e. The zero-order chi connectivity index (χ0) is 18.1. The van der Waals surface area contributed by atoms with Gasteiger partial charge in [-0.25, -0.2) is 0 Å². The van der Waals surface area contributed by atoms with Crippen molar-refractivity contribution in [3.8, 4) is 5.75 Å². The van der Waals surface area contributed by atoms with Gasteiger partial charge < -0.3 is 10.4 Å². The molecule has 2 N–H and O–H groups in total. The number of anilines is 1. The highest BCUT2D eigenvalue weighted by Gasteiger charge is 2.24. The lowest BCUT2D eigenvalue weighted by Gasteiger charge is -2.27. The molecule has 2 heteroatoms. The van der Waals surface area contributed by atoms with E-state index in [9.17, 15) is 5.11 Å². The number of phenolic OH excluding ortho intramolecular Hbond substituents is 1. The molecule has 0 aliphatic carbocycles. The first-order valence-electron chi connectivity index (χ1n) is 8.66. The van der Waals surface area contributed by atoms with Gasteiger partial charge in [-0.2, -0.15) is 0 Å². The Balaban J connectivity index is 2.39. The Kier molecular flexibility index (Phi) is 4.98. The van der Waals surface area contributed by atoms with E-state index in [1.165, 1.54) is 11.1 Å². The first kappa shape index (κ1) is 18.4. The van der Waals surface area contributed by atoms with Gasteiger partial charge in [0.2, 0.25) is 0 Å². The molecule has 2 aromatic rings. The van der Waals surface area contributed by atoms with Crippen molar-refractivity contribution in [2.45, 2.75) is 65.8 Å². The van der Waals surface area contributed by atoms with Crippen LogP contribution in [0, 0.1) is 6.92 Å². The number of hydrogen-bond acceptors (Lipinski definition) is 2. The standard InChI is InChI=1S/C22H31NO/c1-15-8-10-18(11-9-15)23-14-16-12-17(21(2,3)4)13-19(20(16)24)22(5,6)7/h8-13,23-24H,14H2,1-7H3. The average molecular weight is 325 g/mol. The summed E-state index contributed by atoms with van der Waals surface area (Å²) >= 11 is 0. The van der Waals surface area contributed by atoms with Crippen LogP contribution in [-0.4, -0.2) is 5.11 Å². The lowest BCUT2D eigenvalue weighted by atomic mass is 9.79. The second kappa shape index (κ2) is 6.51. The monoisotopic (exact) mass is 325 g/mol.